The van der Waals surface area contributed by atoms with Gasteiger partial charge in [-0.05, 0) is 20.4 Å². The molecule has 0 saturated heterocycles. The molecule has 0 bridgehead atoms. The Balaban J connectivity index is 3.67. The van der Waals surface area contributed by atoms with Crippen LogP contribution in [0.15, 0.2) is 0 Å². The number of hydrogen-bond donors (Lipinski definition) is 1. The van der Waals surface area contributed by atoms with Crippen molar-refractivity contribution in [2.24, 2.45) is 0 Å². The number of ether oxygens (including phenoxy) is 2. The highest BCUT2D eigenvalue weighted by molar-refractivity contribution is 5.80. The van der Waals surface area contributed by atoms with E-state index in [2.05, 4.69) is 12.2 Å². The minimum absolute atomic E-state index is 0.286. The summed E-state index contributed by atoms with van der Waals surface area (Å²) in [4.78, 5) is 11.5. The van der Waals surface area contributed by atoms with Gasteiger partial charge in [-0.3, -0.25) is 0 Å². The number of unbranched alkanes of at least 4 members (excludes halogenated alkanes) is 4. The molecule has 0 aromatic heterocycles. The summed E-state index contributed by atoms with van der Waals surface area (Å²) in [5, 5.41) is 2.94. The molecule has 0 aliphatic carbocycles. The van der Waals surface area contributed by atoms with Gasteiger partial charge < -0.3 is 14.8 Å². The first-order chi connectivity index (χ1) is 8.10. The number of hydrogen-bond acceptors (Lipinski definition) is 4. The maximum atomic E-state index is 11.5. The Morgan fingerprint density at radius 1 is 1.24 bits per heavy atom. The summed E-state index contributed by atoms with van der Waals surface area (Å²) in [5.74, 6) is -0.286. The van der Waals surface area contributed by atoms with Crippen molar-refractivity contribution in [2.75, 3.05) is 27.4 Å². The lowest BCUT2D eigenvalue weighted by Crippen LogP contribution is -2.52. The van der Waals surface area contributed by atoms with Crippen molar-refractivity contribution >= 4 is 5.97 Å². The van der Waals surface area contributed by atoms with E-state index in [0.717, 1.165) is 6.42 Å². The minimum Gasteiger partial charge on any atom is -0.468 e. The van der Waals surface area contributed by atoms with Crippen LogP contribution in [0, 0.1) is 0 Å². The molecule has 4 nitrogen and oxygen atoms in total. The van der Waals surface area contributed by atoms with E-state index in [-0.39, 0.29) is 5.97 Å². The first-order valence-electron chi connectivity index (χ1n) is 6.45. The van der Waals surface area contributed by atoms with Crippen molar-refractivity contribution in [1.82, 2.24) is 5.32 Å². The average Bonchev–Trinajstić information content (AvgIpc) is 2.36. The Morgan fingerprint density at radius 3 is 2.41 bits per heavy atom. The highest BCUT2D eigenvalue weighted by atomic mass is 16.5. The molecule has 102 valence electrons. The van der Waals surface area contributed by atoms with Gasteiger partial charge in [0.2, 0.25) is 0 Å². The molecule has 17 heavy (non-hydrogen) atoms. The van der Waals surface area contributed by atoms with Crippen molar-refractivity contribution in [3.8, 4) is 0 Å². The Hall–Kier alpha value is -0.610. The van der Waals surface area contributed by atoms with Crippen LogP contribution in [0.1, 0.15) is 46.0 Å². The first-order valence-corrected chi connectivity index (χ1v) is 6.45. The van der Waals surface area contributed by atoms with E-state index in [1.54, 1.807) is 14.0 Å². The van der Waals surface area contributed by atoms with Crippen LogP contribution in [0.25, 0.3) is 0 Å². The molecule has 0 amide bonds. The number of esters is 1. The van der Waals surface area contributed by atoms with Gasteiger partial charge in [0, 0.05) is 6.61 Å². The van der Waals surface area contributed by atoms with Crippen molar-refractivity contribution in [1.29, 1.82) is 0 Å². The maximum Gasteiger partial charge on any atom is 0.328 e. The third kappa shape index (κ3) is 6.64. The van der Waals surface area contributed by atoms with Gasteiger partial charge >= 0.3 is 5.97 Å². The van der Waals surface area contributed by atoms with Crippen molar-refractivity contribution in [3.05, 3.63) is 0 Å². The number of carbonyl (C=O) groups is 1. The van der Waals surface area contributed by atoms with Crippen LogP contribution >= 0.6 is 0 Å². The number of likely N-dealkylation sites (N-methyl/N-ethyl adjacent to an activating group) is 1. The third-order valence-corrected chi connectivity index (χ3v) is 2.97. The van der Waals surface area contributed by atoms with Gasteiger partial charge in [0.05, 0.1) is 13.7 Å². The normalized spacial score (nSPS) is 14.4. The maximum absolute atomic E-state index is 11.5. The fourth-order valence-corrected chi connectivity index (χ4v) is 1.54. The summed E-state index contributed by atoms with van der Waals surface area (Å²) >= 11 is 0. The quantitative estimate of drug-likeness (QED) is 0.473. The van der Waals surface area contributed by atoms with Gasteiger partial charge in [0.25, 0.3) is 0 Å². The molecule has 0 aromatic carbocycles. The molecule has 0 aliphatic rings. The Kier molecular flexibility index (Phi) is 9.09. The van der Waals surface area contributed by atoms with Crippen LogP contribution in [-0.4, -0.2) is 38.9 Å². The van der Waals surface area contributed by atoms with Crippen molar-refractivity contribution < 1.29 is 14.3 Å². The van der Waals surface area contributed by atoms with Gasteiger partial charge in [-0.2, -0.15) is 0 Å². The lowest BCUT2D eigenvalue weighted by atomic mass is 10.1. The van der Waals surface area contributed by atoms with Crippen LogP contribution in [-0.2, 0) is 14.3 Å². The topological polar surface area (TPSA) is 47.6 Å². The van der Waals surface area contributed by atoms with E-state index in [1.165, 1.54) is 32.8 Å². The van der Waals surface area contributed by atoms with Crippen LogP contribution in [0.2, 0.25) is 0 Å². The van der Waals surface area contributed by atoms with E-state index in [9.17, 15) is 4.79 Å². The molecule has 0 saturated carbocycles. The lowest BCUT2D eigenvalue weighted by molar-refractivity contribution is -0.150. The fraction of sp³-hybridized carbons (Fsp3) is 0.923. The SMILES string of the molecule is CCCCCCCOCC(C)(NC)C(=O)OC. The predicted octanol–water partition coefficient (Wildman–Crippen LogP) is 2.12. The van der Waals surface area contributed by atoms with E-state index < -0.39 is 5.54 Å². The molecule has 0 radical (unpaired) electrons. The summed E-state index contributed by atoms with van der Waals surface area (Å²) in [6.45, 7) is 5.04. The van der Waals surface area contributed by atoms with Crippen LogP contribution < -0.4 is 5.32 Å². The van der Waals surface area contributed by atoms with Gasteiger partial charge in [0.1, 0.15) is 5.54 Å². The molecule has 0 rings (SSSR count). The number of methoxy groups -OCH3 is 1. The van der Waals surface area contributed by atoms with Crippen molar-refractivity contribution in [2.45, 2.75) is 51.5 Å². The predicted molar refractivity (Wildman–Crippen MR) is 69.1 cm³/mol. The second-order valence-electron chi connectivity index (χ2n) is 4.54. The summed E-state index contributed by atoms with van der Waals surface area (Å²) in [6, 6.07) is 0. The molecule has 1 unspecified atom stereocenters. The second-order valence-corrected chi connectivity index (χ2v) is 4.54. The molecule has 4 heteroatoms. The number of rotatable bonds is 10. The van der Waals surface area contributed by atoms with Crippen LogP contribution in [0.5, 0.6) is 0 Å². The zero-order valence-corrected chi connectivity index (χ0v) is 11.7. The third-order valence-electron chi connectivity index (χ3n) is 2.97. The average molecular weight is 245 g/mol. The smallest absolute Gasteiger partial charge is 0.328 e. The van der Waals surface area contributed by atoms with Gasteiger partial charge in [-0.1, -0.05) is 32.6 Å². The highest BCUT2D eigenvalue weighted by Gasteiger charge is 2.32. The lowest BCUT2D eigenvalue weighted by Gasteiger charge is -2.25. The summed E-state index contributed by atoms with van der Waals surface area (Å²) < 4.78 is 10.3. The number of carbonyl (C=O) groups excluding carboxylic acids is 1. The standard InChI is InChI=1S/C13H27NO3/c1-5-6-7-8-9-10-17-11-13(2,14-3)12(15)16-4/h14H,5-11H2,1-4H3. The highest BCUT2D eigenvalue weighted by Crippen LogP contribution is 2.08. The van der Waals surface area contributed by atoms with Gasteiger partial charge in [-0.15, -0.1) is 0 Å². The Labute approximate surface area is 105 Å². The van der Waals surface area contributed by atoms with E-state index in [0.29, 0.717) is 13.2 Å². The second kappa shape index (κ2) is 9.42. The zero-order valence-electron chi connectivity index (χ0n) is 11.7. The molecule has 0 fully saturated rings. The molecular weight excluding hydrogens is 218 g/mol. The number of nitrogens with one attached hydrogen (secondary N) is 1. The Morgan fingerprint density at radius 2 is 1.88 bits per heavy atom. The summed E-state index contributed by atoms with van der Waals surface area (Å²) in [7, 11) is 3.13. The minimum atomic E-state index is -0.738. The molecular formula is C13H27NO3. The molecule has 1 N–H and O–H groups in total. The Bertz CT molecular complexity index is 209. The monoisotopic (exact) mass is 245 g/mol. The van der Waals surface area contributed by atoms with E-state index in [4.69, 9.17) is 9.47 Å². The van der Waals surface area contributed by atoms with Crippen molar-refractivity contribution in [3.63, 3.8) is 0 Å². The first kappa shape index (κ1) is 16.4. The molecule has 0 aliphatic heterocycles. The molecule has 0 spiro atoms. The largest absolute Gasteiger partial charge is 0.468 e. The van der Waals surface area contributed by atoms with Gasteiger partial charge in [-0.25, -0.2) is 4.79 Å². The van der Waals surface area contributed by atoms with E-state index >= 15 is 0 Å². The summed E-state index contributed by atoms with van der Waals surface area (Å²) in [5.41, 5.74) is -0.738. The van der Waals surface area contributed by atoms with E-state index in [1.807, 2.05) is 0 Å². The molecule has 0 aromatic rings. The molecule has 0 heterocycles. The zero-order chi connectivity index (χ0) is 13.1. The van der Waals surface area contributed by atoms with Crippen LogP contribution in [0.4, 0.5) is 0 Å². The fourth-order valence-electron chi connectivity index (χ4n) is 1.54. The molecule has 1 atom stereocenters. The van der Waals surface area contributed by atoms with Gasteiger partial charge in [0.15, 0.2) is 0 Å². The summed E-state index contributed by atoms with van der Waals surface area (Å²) in [6.07, 6.45) is 6.06. The van der Waals surface area contributed by atoms with Crippen LogP contribution in [0.3, 0.4) is 0 Å².